The molecule has 0 atom stereocenters. The third-order valence-corrected chi connectivity index (χ3v) is 3.35. The average Bonchev–Trinajstić information content (AvgIpc) is 2.66. The SMILES string of the molecule is Cc1nnc2sc(CC(C)(C)CC(=O)O)nn12. The molecule has 0 aliphatic carbocycles. The van der Waals surface area contributed by atoms with E-state index >= 15 is 0 Å². The molecule has 0 aliphatic rings. The standard InChI is InChI=1S/C10H14N4O2S/c1-6-11-12-9-14(6)13-7(17-9)4-10(2,3)5-8(15)16/h4-5H2,1-3H3,(H,15,16). The minimum Gasteiger partial charge on any atom is -0.481 e. The zero-order valence-corrected chi connectivity index (χ0v) is 10.8. The van der Waals surface area contributed by atoms with Gasteiger partial charge in [-0.1, -0.05) is 25.2 Å². The van der Waals surface area contributed by atoms with Gasteiger partial charge in [-0.25, -0.2) is 0 Å². The molecule has 0 fully saturated rings. The zero-order chi connectivity index (χ0) is 12.6. The second-order valence-corrected chi connectivity index (χ2v) is 5.89. The van der Waals surface area contributed by atoms with Gasteiger partial charge >= 0.3 is 5.97 Å². The number of carbonyl (C=O) groups is 1. The summed E-state index contributed by atoms with van der Waals surface area (Å²) in [6.07, 6.45) is 0.763. The van der Waals surface area contributed by atoms with Crippen LogP contribution in [-0.2, 0) is 11.2 Å². The quantitative estimate of drug-likeness (QED) is 0.895. The van der Waals surface area contributed by atoms with Crippen molar-refractivity contribution in [3.8, 4) is 0 Å². The summed E-state index contributed by atoms with van der Waals surface area (Å²) in [6.45, 7) is 5.69. The van der Waals surface area contributed by atoms with Crippen molar-refractivity contribution in [2.45, 2.75) is 33.6 Å². The maximum atomic E-state index is 10.7. The van der Waals surface area contributed by atoms with Crippen LogP contribution in [0.5, 0.6) is 0 Å². The molecule has 2 aromatic heterocycles. The highest BCUT2D eigenvalue weighted by Crippen LogP contribution is 2.28. The first-order chi connectivity index (χ1) is 7.87. The van der Waals surface area contributed by atoms with Gasteiger partial charge in [0.15, 0.2) is 5.82 Å². The predicted octanol–water partition coefficient (Wildman–Crippen LogP) is 1.54. The van der Waals surface area contributed by atoms with Gasteiger partial charge in [0.25, 0.3) is 0 Å². The van der Waals surface area contributed by atoms with Gasteiger partial charge in [-0.05, 0) is 12.3 Å². The number of aliphatic carboxylic acids is 1. The summed E-state index contributed by atoms with van der Waals surface area (Å²) in [7, 11) is 0. The second kappa shape index (κ2) is 4.06. The smallest absolute Gasteiger partial charge is 0.303 e. The van der Waals surface area contributed by atoms with Crippen LogP contribution in [0.1, 0.15) is 31.1 Å². The van der Waals surface area contributed by atoms with Crippen LogP contribution in [0.2, 0.25) is 0 Å². The minimum absolute atomic E-state index is 0.131. The van der Waals surface area contributed by atoms with Crippen LogP contribution in [0.3, 0.4) is 0 Å². The fourth-order valence-corrected chi connectivity index (χ4v) is 2.84. The topological polar surface area (TPSA) is 80.4 Å². The lowest BCUT2D eigenvalue weighted by Crippen LogP contribution is -2.19. The molecule has 1 N–H and O–H groups in total. The highest BCUT2D eigenvalue weighted by atomic mass is 32.1. The number of rotatable bonds is 4. The van der Waals surface area contributed by atoms with E-state index in [9.17, 15) is 4.79 Å². The summed E-state index contributed by atoms with van der Waals surface area (Å²) in [5.41, 5.74) is -0.303. The second-order valence-electron chi connectivity index (χ2n) is 4.85. The van der Waals surface area contributed by atoms with Gasteiger partial charge in [0.1, 0.15) is 5.01 Å². The van der Waals surface area contributed by atoms with E-state index in [0.29, 0.717) is 6.42 Å². The molecule has 2 heterocycles. The van der Waals surface area contributed by atoms with Crippen molar-refractivity contribution >= 4 is 22.3 Å². The fraction of sp³-hybridized carbons (Fsp3) is 0.600. The van der Waals surface area contributed by atoms with Gasteiger partial charge in [-0.3, -0.25) is 4.79 Å². The largest absolute Gasteiger partial charge is 0.481 e. The van der Waals surface area contributed by atoms with E-state index in [4.69, 9.17) is 5.11 Å². The zero-order valence-electron chi connectivity index (χ0n) is 9.97. The van der Waals surface area contributed by atoms with Gasteiger partial charge < -0.3 is 5.11 Å². The Bertz CT molecular complexity index is 558. The summed E-state index contributed by atoms with van der Waals surface area (Å²) in [6, 6.07) is 0. The molecular formula is C10H14N4O2S. The number of nitrogens with zero attached hydrogens (tertiary/aromatic N) is 4. The molecule has 0 aromatic carbocycles. The van der Waals surface area contributed by atoms with Gasteiger partial charge in [0.2, 0.25) is 4.96 Å². The Morgan fingerprint density at radius 3 is 2.76 bits per heavy atom. The lowest BCUT2D eigenvalue weighted by Gasteiger charge is -2.20. The molecule has 0 unspecified atom stereocenters. The first kappa shape index (κ1) is 12.0. The van der Waals surface area contributed by atoms with E-state index in [1.807, 2.05) is 20.8 Å². The monoisotopic (exact) mass is 254 g/mol. The molecule has 0 amide bonds. The van der Waals surface area contributed by atoms with E-state index in [1.54, 1.807) is 4.52 Å². The maximum Gasteiger partial charge on any atom is 0.303 e. The highest BCUT2D eigenvalue weighted by Gasteiger charge is 2.24. The van der Waals surface area contributed by atoms with E-state index in [0.717, 1.165) is 15.8 Å². The molecule has 2 aromatic rings. The molecule has 0 bridgehead atoms. The third-order valence-electron chi connectivity index (χ3n) is 2.45. The van der Waals surface area contributed by atoms with E-state index in [1.165, 1.54) is 11.3 Å². The number of hydrogen-bond acceptors (Lipinski definition) is 5. The maximum absolute atomic E-state index is 10.7. The van der Waals surface area contributed by atoms with Crippen molar-refractivity contribution in [2.75, 3.05) is 0 Å². The molecule has 2 rings (SSSR count). The molecule has 92 valence electrons. The van der Waals surface area contributed by atoms with Crippen molar-refractivity contribution in [3.63, 3.8) is 0 Å². The Hall–Kier alpha value is -1.50. The van der Waals surface area contributed by atoms with Crippen molar-refractivity contribution in [1.82, 2.24) is 19.8 Å². The number of aryl methyl sites for hydroxylation is 1. The molecular weight excluding hydrogens is 240 g/mol. The fourth-order valence-electron chi connectivity index (χ4n) is 1.71. The summed E-state index contributed by atoms with van der Waals surface area (Å²) in [5.74, 6) is -0.0345. The molecule has 6 nitrogen and oxygen atoms in total. The summed E-state index contributed by atoms with van der Waals surface area (Å²) in [4.78, 5) is 11.5. The minimum atomic E-state index is -0.783. The molecule has 0 saturated carbocycles. The number of carboxylic acid groups (broad SMARTS) is 1. The van der Waals surface area contributed by atoms with Crippen LogP contribution >= 0.6 is 11.3 Å². The van der Waals surface area contributed by atoms with E-state index < -0.39 is 5.97 Å². The lowest BCUT2D eigenvalue weighted by atomic mass is 9.86. The number of fused-ring (bicyclic) bond motifs is 1. The Morgan fingerprint density at radius 1 is 1.47 bits per heavy atom. The molecule has 0 radical (unpaired) electrons. The van der Waals surface area contributed by atoms with Gasteiger partial charge in [-0.15, -0.1) is 10.2 Å². The van der Waals surface area contributed by atoms with Crippen LogP contribution < -0.4 is 0 Å². The van der Waals surface area contributed by atoms with Crippen molar-refractivity contribution in [2.24, 2.45) is 5.41 Å². The van der Waals surface area contributed by atoms with Crippen LogP contribution in [-0.4, -0.2) is 30.9 Å². The number of carboxylic acids is 1. The van der Waals surface area contributed by atoms with Crippen LogP contribution in [0.4, 0.5) is 0 Å². The van der Waals surface area contributed by atoms with Crippen LogP contribution in [0.15, 0.2) is 0 Å². The van der Waals surface area contributed by atoms with Crippen molar-refractivity contribution in [3.05, 3.63) is 10.8 Å². The van der Waals surface area contributed by atoms with Crippen molar-refractivity contribution < 1.29 is 9.90 Å². The first-order valence-corrected chi connectivity index (χ1v) is 6.08. The summed E-state index contributed by atoms with van der Waals surface area (Å²) < 4.78 is 1.69. The average molecular weight is 254 g/mol. The third kappa shape index (κ3) is 2.60. The van der Waals surface area contributed by atoms with Crippen LogP contribution in [0, 0.1) is 12.3 Å². The van der Waals surface area contributed by atoms with E-state index in [-0.39, 0.29) is 11.8 Å². The molecule has 0 spiro atoms. The van der Waals surface area contributed by atoms with E-state index in [2.05, 4.69) is 15.3 Å². The number of aromatic nitrogens is 4. The summed E-state index contributed by atoms with van der Waals surface area (Å²) in [5, 5.41) is 22.0. The van der Waals surface area contributed by atoms with Gasteiger partial charge in [0.05, 0.1) is 6.42 Å². The highest BCUT2D eigenvalue weighted by molar-refractivity contribution is 7.16. The Labute approximate surface area is 102 Å². The Balaban J connectivity index is 2.20. The normalized spacial score (nSPS) is 12.2. The lowest BCUT2D eigenvalue weighted by molar-refractivity contribution is -0.139. The molecule has 7 heteroatoms. The number of hydrogen-bond donors (Lipinski definition) is 1. The Kier molecular flexibility index (Phi) is 2.86. The van der Waals surface area contributed by atoms with Crippen molar-refractivity contribution in [1.29, 1.82) is 0 Å². The first-order valence-electron chi connectivity index (χ1n) is 5.27. The predicted molar refractivity (Wildman–Crippen MR) is 63.1 cm³/mol. The molecule has 17 heavy (non-hydrogen) atoms. The Morgan fingerprint density at radius 2 is 2.18 bits per heavy atom. The van der Waals surface area contributed by atoms with Gasteiger partial charge in [0, 0.05) is 6.42 Å². The molecule has 0 saturated heterocycles. The van der Waals surface area contributed by atoms with Crippen LogP contribution in [0.25, 0.3) is 4.96 Å². The summed E-state index contributed by atoms with van der Waals surface area (Å²) >= 11 is 1.46. The van der Waals surface area contributed by atoms with Gasteiger partial charge in [-0.2, -0.15) is 9.61 Å². The molecule has 0 aliphatic heterocycles.